The molecule has 0 amide bonds. The van der Waals surface area contributed by atoms with E-state index in [1.807, 2.05) is 24.3 Å². The number of oxime groups is 1. The summed E-state index contributed by atoms with van der Waals surface area (Å²) in [7, 11) is 0. The van der Waals surface area contributed by atoms with Crippen LogP contribution in [-0.2, 0) is 9.63 Å². The van der Waals surface area contributed by atoms with Crippen LogP contribution in [0.25, 0.3) is 0 Å². The first-order valence-electron chi connectivity index (χ1n) is 13.1. The van der Waals surface area contributed by atoms with Crippen LogP contribution >= 0.6 is 11.6 Å². The van der Waals surface area contributed by atoms with Gasteiger partial charge in [-0.1, -0.05) is 54.4 Å². The van der Waals surface area contributed by atoms with Crippen molar-refractivity contribution in [3.8, 4) is 0 Å². The lowest BCUT2D eigenvalue weighted by atomic mass is 9.46. The standard InChI is InChI=1S/C29H36ClNO3/c1-27-13-11-21(33)15-19(27)5-8-22-23-9-10-26(28(23,2)14-12-24(22)27)29(17-32)16-25(31-34-29)18-3-6-20(30)7-4-18/h3-7,17,21-24,26,33H,8-16H2,1-2H3/t21-,22-,23-,24-,26-,27-,28-,29?/m0/s1. The maximum atomic E-state index is 12.7. The summed E-state index contributed by atoms with van der Waals surface area (Å²) in [6, 6.07) is 7.65. The van der Waals surface area contributed by atoms with Crippen molar-refractivity contribution in [3.05, 3.63) is 46.5 Å². The lowest BCUT2D eigenvalue weighted by Gasteiger charge is -2.58. The lowest BCUT2D eigenvalue weighted by Crippen LogP contribution is -2.54. The summed E-state index contributed by atoms with van der Waals surface area (Å²) in [6.07, 6.45) is 12.5. The average Bonchev–Trinajstić information content (AvgIpc) is 3.42. The SMILES string of the molecule is C[C@]12CC[C@H]3[C@@H](CC=C4C[C@@H](O)CC[C@@]43C)[C@@H]1CC[C@@H]2C1(C=O)CC(c2ccc(Cl)cc2)=NO1. The number of aliphatic hydroxyl groups excluding tert-OH is 1. The molecule has 3 fully saturated rings. The van der Waals surface area contributed by atoms with Gasteiger partial charge in [0.15, 0.2) is 6.29 Å². The summed E-state index contributed by atoms with van der Waals surface area (Å²) in [4.78, 5) is 18.7. The van der Waals surface area contributed by atoms with Crippen LogP contribution in [0.4, 0.5) is 0 Å². The predicted molar refractivity (Wildman–Crippen MR) is 134 cm³/mol. The Labute approximate surface area is 207 Å². The molecule has 4 aliphatic carbocycles. The van der Waals surface area contributed by atoms with Gasteiger partial charge in [-0.25, -0.2) is 0 Å². The summed E-state index contributed by atoms with van der Waals surface area (Å²) in [5.41, 5.74) is 2.80. The molecule has 0 aromatic heterocycles. The van der Waals surface area contributed by atoms with E-state index < -0.39 is 5.60 Å². The molecule has 1 aliphatic heterocycles. The van der Waals surface area contributed by atoms with Crippen LogP contribution in [0, 0.1) is 34.5 Å². The molecule has 5 aliphatic rings. The van der Waals surface area contributed by atoms with Crippen LogP contribution in [0.15, 0.2) is 41.1 Å². The Morgan fingerprint density at radius 2 is 1.88 bits per heavy atom. The second-order valence-corrected chi connectivity index (χ2v) is 12.7. The Morgan fingerprint density at radius 1 is 1.09 bits per heavy atom. The molecule has 1 heterocycles. The third-order valence-corrected chi connectivity index (χ3v) is 11.1. The maximum Gasteiger partial charge on any atom is 0.201 e. The van der Waals surface area contributed by atoms with E-state index in [2.05, 4.69) is 25.1 Å². The van der Waals surface area contributed by atoms with Crippen LogP contribution in [0.3, 0.4) is 0 Å². The minimum Gasteiger partial charge on any atom is -0.393 e. The Kier molecular flexibility index (Phi) is 5.31. The minimum absolute atomic E-state index is 0.0862. The third kappa shape index (κ3) is 3.20. The fourth-order valence-corrected chi connectivity index (χ4v) is 9.17. The molecule has 5 heteroatoms. The molecule has 1 aromatic carbocycles. The number of hydrogen-bond acceptors (Lipinski definition) is 4. The molecule has 1 N–H and O–H groups in total. The van der Waals surface area contributed by atoms with E-state index in [1.54, 1.807) is 0 Å². The second-order valence-electron chi connectivity index (χ2n) is 12.2. The van der Waals surface area contributed by atoms with Crippen molar-refractivity contribution in [3.63, 3.8) is 0 Å². The summed E-state index contributed by atoms with van der Waals surface area (Å²) >= 11 is 6.07. The van der Waals surface area contributed by atoms with Crippen molar-refractivity contribution in [2.24, 2.45) is 39.7 Å². The van der Waals surface area contributed by atoms with E-state index in [4.69, 9.17) is 16.4 Å². The first-order chi connectivity index (χ1) is 16.3. The van der Waals surface area contributed by atoms with Gasteiger partial charge in [0, 0.05) is 17.4 Å². The average molecular weight is 482 g/mol. The van der Waals surface area contributed by atoms with E-state index in [-0.39, 0.29) is 22.9 Å². The normalized spacial score (nSPS) is 45.4. The summed E-state index contributed by atoms with van der Waals surface area (Å²) < 4.78 is 0. The molecular formula is C29H36ClNO3. The number of rotatable bonds is 3. The molecule has 182 valence electrons. The highest BCUT2D eigenvalue weighted by atomic mass is 35.5. The monoisotopic (exact) mass is 481 g/mol. The number of allylic oxidation sites excluding steroid dienone is 1. The van der Waals surface area contributed by atoms with Gasteiger partial charge in [-0.15, -0.1) is 0 Å². The highest BCUT2D eigenvalue weighted by molar-refractivity contribution is 6.30. The van der Waals surface area contributed by atoms with Crippen molar-refractivity contribution in [2.45, 2.75) is 83.3 Å². The van der Waals surface area contributed by atoms with E-state index in [9.17, 15) is 9.90 Å². The number of halogens is 1. The van der Waals surface area contributed by atoms with Gasteiger partial charge in [0.05, 0.1) is 11.8 Å². The Morgan fingerprint density at radius 3 is 2.65 bits per heavy atom. The highest BCUT2D eigenvalue weighted by Crippen LogP contribution is 2.68. The molecule has 0 spiro atoms. The number of nitrogens with zero attached hydrogens (tertiary/aromatic N) is 1. The van der Waals surface area contributed by atoms with Gasteiger partial charge >= 0.3 is 0 Å². The fourth-order valence-electron chi connectivity index (χ4n) is 9.04. The zero-order chi connectivity index (χ0) is 23.7. The Hall–Kier alpha value is -1.65. The zero-order valence-electron chi connectivity index (χ0n) is 20.3. The fraction of sp³-hybridized carbons (Fsp3) is 0.655. The maximum absolute atomic E-state index is 12.7. The van der Waals surface area contributed by atoms with Gasteiger partial charge in [0.1, 0.15) is 0 Å². The largest absolute Gasteiger partial charge is 0.393 e. The van der Waals surface area contributed by atoms with Crippen LogP contribution in [-0.4, -0.2) is 28.8 Å². The molecule has 3 saturated carbocycles. The Balaban J connectivity index is 1.27. The Bertz CT molecular complexity index is 1050. The summed E-state index contributed by atoms with van der Waals surface area (Å²) in [5.74, 6) is 2.14. The number of carbonyl (C=O) groups is 1. The van der Waals surface area contributed by atoms with E-state index in [0.717, 1.165) is 56.1 Å². The molecule has 34 heavy (non-hydrogen) atoms. The quantitative estimate of drug-likeness (QED) is 0.404. The van der Waals surface area contributed by atoms with Gasteiger partial charge in [-0.05, 0) is 97.6 Å². The minimum atomic E-state index is -0.861. The van der Waals surface area contributed by atoms with Crippen LogP contribution in [0.2, 0.25) is 5.02 Å². The molecular weight excluding hydrogens is 446 g/mol. The number of aliphatic hydroxyl groups is 1. The summed E-state index contributed by atoms with van der Waals surface area (Å²) in [6.45, 7) is 4.91. The predicted octanol–water partition coefficient (Wildman–Crippen LogP) is 6.34. The molecule has 0 radical (unpaired) electrons. The van der Waals surface area contributed by atoms with Gasteiger partial charge in [0.25, 0.3) is 0 Å². The topological polar surface area (TPSA) is 58.9 Å². The van der Waals surface area contributed by atoms with Crippen molar-refractivity contribution < 1.29 is 14.7 Å². The smallest absolute Gasteiger partial charge is 0.201 e. The van der Waals surface area contributed by atoms with Crippen molar-refractivity contribution in [1.82, 2.24) is 0 Å². The lowest BCUT2D eigenvalue weighted by molar-refractivity contribution is -0.150. The first kappa shape index (κ1) is 22.8. The number of fused-ring (bicyclic) bond motifs is 5. The van der Waals surface area contributed by atoms with Gasteiger partial charge in [0.2, 0.25) is 5.60 Å². The van der Waals surface area contributed by atoms with Crippen molar-refractivity contribution >= 4 is 23.6 Å². The third-order valence-electron chi connectivity index (χ3n) is 10.8. The number of carbonyl (C=O) groups excluding carboxylic acids is 1. The van der Waals surface area contributed by atoms with Crippen LogP contribution in [0.1, 0.15) is 77.2 Å². The molecule has 1 aromatic rings. The highest BCUT2D eigenvalue weighted by Gasteiger charge is 2.64. The molecule has 8 atom stereocenters. The van der Waals surface area contributed by atoms with Gasteiger partial charge < -0.3 is 9.94 Å². The van der Waals surface area contributed by atoms with Crippen LogP contribution in [0.5, 0.6) is 0 Å². The molecule has 1 unspecified atom stereocenters. The van der Waals surface area contributed by atoms with Crippen molar-refractivity contribution in [1.29, 1.82) is 0 Å². The van der Waals surface area contributed by atoms with E-state index >= 15 is 0 Å². The number of hydrogen-bond donors (Lipinski definition) is 1. The van der Waals surface area contributed by atoms with Crippen LogP contribution < -0.4 is 0 Å². The van der Waals surface area contributed by atoms with E-state index in [1.165, 1.54) is 18.4 Å². The van der Waals surface area contributed by atoms with E-state index in [0.29, 0.717) is 29.2 Å². The van der Waals surface area contributed by atoms with Gasteiger partial charge in [-0.3, -0.25) is 4.79 Å². The van der Waals surface area contributed by atoms with Crippen molar-refractivity contribution in [2.75, 3.05) is 0 Å². The summed E-state index contributed by atoms with van der Waals surface area (Å²) in [5, 5.41) is 15.4. The van der Waals surface area contributed by atoms with Gasteiger partial charge in [-0.2, -0.15) is 0 Å². The number of benzene rings is 1. The second kappa shape index (κ2) is 7.93. The molecule has 4 nitrogen and oxygen atoms in total. The number of aldehydes is 1. The molecule has 0 saturated heterocycles. The molecule has 6 rings (SSSR count). The first-order valence-corrected chi connectivity index (χ1v) is 13.5. The molecule has 0 bridgehead atoms. The zero-order valence-corrected chi connectivity index (χ0v) is 21.1.